The van der Waals surface area contributed by atoms with E-state index in [0.717, 1.165) is 5.56 Å². The molecule has 1 rings (SSSR count). The lowest BCUT2D eigenvalue weighted by molar-refractivity contribution is 0.311. The van der Waals surface area contributed by atoms with Crippen LogP contribution in [-0.2, 0) is 0 Å². The molecule has 1 aromatic rings. The van der Waals surface area contributed by atoms with Gasteiger partial charge in [-0.25, -0.2) is 4.39 Å². The maximum atomic E-state index is 13.0. The van der Waals surface area contributed by atoms with E-state index in [4.69, 9.17) is 5.11 Å². The highest BCUT2D eigenvalue weighted by Gasteiger charge is 2.02. The molecule has 0 aliphatic heterocycles. The van der Waals surface area contributed by atoms with E-state index in [1.54, 1.807) is 6.07 Å². The third kappa shape index (κ3) is 1.95. The lowest BCUT2D eigenvalue weighted by Gasteiger charge is -2.08. The molecule has 0 bridgehead atoms. The number of aliphatic hydroxyl groups excluding tert-OH is 1. The Labute approximate surface area is 71.0 Å². The summed E-state index contributed by atoms with van der Waals surface area (Å²) in [4.78, 5) is 0. The molecule has 0 amide bonds. The van der Waals surface area contributed by atoms with Crippen LogP contribution in [0.15, 0.2) is 18.2 Å². The maximum Gasteiger partial charge on any atom is 0.146 e. The van der Waals surface area contributed by atoms with Gasteiger partial charge in [-0.2, -0.15) is 0 Å². The summed E-state index contributed by atoms with van der Waals surface area (Å²) in [5, 5.41) is 11.3. The summed E-state index contributed by atoms with van der Waals surface area (Å²) in [6.45, 7) is 2.21. The highest BCUT2D eigenvalue weighted by molar-refractivity contribution is 5.51. The number of aryl methyl sites for hydroxylation is 1. The van der Waals surface area contributed by atoms with Crippen LogP contribution in [0.25, 0.3) is 0 Å². The van der Waals surface area contributed by atoms with Crippen molar-refractivity contribution in [3.8, 4) is 0 Å². The Kier molecular flexibility index (Phi) is 3.05. The molecular weight excluding hydrogens is 157 g/mol. The molecule has 0 saturated carbocycles. The van der Waals surface area contributed by atoms with Crippen molar-refractivity contribution in [2.45, 2.75) is 6.92 Å². The van der Waals surface area contributed by atoms with E-state index < -0.39 is 0 Å². The molecule has 0 unspecified atom stereocenters. The second-order valence-corrected chi connectivity index (χ2v) is 2.58. The average Bonchev–Trinajstić information content (AvgIpc) is 2.04. The van der Waals surface area contributed by atoms with Crippen molar-refractivity contribution in [3.63, 3.8) is 0 Å². The minimum Gasteiger partial charge on any atom is -0.395 e. The Bertz CT molecular complexity index is 242. The van der Waals surface area contributed by atoms with E-state index in [-0.39, 0.29) is 12.4 Å². The second kappa shape index (κ2) is 4.07. The van der Waals surface area contributed by atoms with Gasteiger partial charge in [0.25, 0.3) is 0 Å². The SMILES string of the molecule is Cc1cccc(F)c1NCCO. The highest BCUT2D eigenvalue weighted by Crippen LogP contribution is 2.17. The molecule has 0 saturated heterocycles. The lowest BCUT2D eigenvalue weighted by atomic mass is 10.2. The van der Waals surface area contributed by atoms with E-state index in [1.807, 2.05) is 13.0 Å². The molecular formula is C9H12FNO. The van der Waals surface area contributed by atoms with Crippen molar-refractivity contribution in [2.75, 3.05) is 18.5 Å². The van der Waals surface area contributed by atoms with E-state index in [2.05, 4.69) is 5.32 Å². The minimum atomic E-state index is -0.275. The lowest BCUT2D eigenvalue weighted by Crippen LogP contribution is -2.08. The quantitative estimate of drug-likeness (QED) is 0.719. The second-order valence-electron chi connectivity index (χ2n) is 2.58. The van der Waals surface area contributed by atoms with Gasteiger partial charge in [-0.3, -0.25) is 0 Å². The summed E-state index contributed by atoms with van der Waals surface area (Å²) in [5.74, 6) is -0.275. The van der Waals surface area contributed by atoms with Crippen LogP contribution in [0.5, 0.6) is 0 Å². The van der Waals surface area contributed by atoms with Crippen LogP contribution in [0, 0.1) is 12.7 Å². The monoisotopic (exact) mass is 169 g/mol. The standard InChI is InChI=1S/C9H12FNO/c1-7-3-2-4-8(10)9(7)11-5-6-12/h2-4,11-12H,5-6H2,1H3. The summed E-state index contributed by atoms with van der Waals surface area (Å²) in [6.07, 6.45) is 0. The van der Waals surface area contributed by atoms with Crippen molar-refractivity contribution in [2.24, 2.45) is 0 Å². The van der Waals surface area contributed by atoms with Gasteiger partial charge in [0.1, 0.15) is 5.82 Å². The maximum absolute atomic E-state index is 13.0. The fourth-order valence-corrected chi connectivity index (χ4v) is 1.04. The van der Waals surface area contributed by atoms with Gasteiger partial charge >= 0.3 is 0 Å². The number of hydrogen-bond acceptors (Lipinski definition) is 2. The van der Waals surface area contributed by atoms with Gasteiger partial charge in [-0.1, -0.05) is 12.1 Å². The van der Waals surface area contributed by atoms with Crippen molar-refractivity contribution >= 4 is 5.69 Å². The Balaban J connectivity index is 2.81. The van der Waals surface area contributed by atoms with Crippen LogP contribution >= 0.6 is 0 Å². The van der Waals surface area contributed by atoms with Crippen LogP contribution in [0.4, 0.5) is 10.1 Å². The van der Waals surface area contributed by atoms with Gasteiger partial charge in [0.2, 0.25) is 0 Å². The predicted molar refractivity (Wildman–Crippen MR) is 46.7 cm³/mol. The third-order valence-corrected chi connectivity index (χ3v) is 1.64. The number of benzene rings is 1. The van der Waals surface area contributed by atoms with E-state index in [1.165, 1.54) is 6.07 Å². The summed E-state index contributed by atoms with van der Waals surface area (Å²) in [7, 11) is 0. The zero-order valence-corrected chi connectivity index (χ0v) is 6.97. The topological polar surface area (TPSA) is 32.3 Å². The fourth-order valence-electron chi connectivity index (χ4n) is 1.04. The molecule has 0 atom stereocenters. The summed E-state index contributed by atoms with van der Waals surface area (Å²) >= 11 is 0. The van der Waals surface area contributed by atoms with Crippen LogP contribution in [-0.4, -0.2) is 18.3 Å². The first-order chi connectivity index (χ1) is 5.75. The number of anilines is 1. The van der Waals surface area contributed by atoms with Crippen molar-refractivity contribution in [3.05, 3.63) is 29.6 Å². The van der Waals surface area contributed by atoms with E-state index in [0.29, 0.717) is 12.2 Å². The zero-order chi connectivity index (χ0) is 8.97. The Hall–Kier alpha value is -1.09. The van der Waals surface area contributed by atoms with Crippen molar-refractivity contribution in [1.82, 2.24) is 0 Å². The number of para-hydroxylation sites is 1. The van der Waals surface area contributed by atoms with Crippen molar-refractivity contribution < 1.29 is 9.50 Å². The molecule has 1 aromatic carbocycles. The average molecular weight is 169 g/mol. The summed E-state index contributed by atoms with van der Waals surface area (Å²) < 4.78 is 13.0. The molecule has 66 valence electrons. The number of nitrogens with one attached hydrogen (secondary N) is 1. The molecule has 0 aromatic heterocycles. The molecule has 0 spiro atoms. The smallest absolute Gasteiger partial charge is 0.146 e. The molecule has 3 heteroatoms. The first-order valence-electron chi connectivity index (χ1n) is 3.85. The molecule has 2 nitrogen and oxygen atoms in total. The van der Waals surface area contributed by atoms with Crippen LogP contribution < -0.4 is 5.32 Å². The van der Waals surface area contributed by atoms with Gasteiger partial charge in [-0.05, 0) is 18.6 Å². The fraction of sp³-hybridized carbons (Fsp3) is 0.333. The molecule has 2 N–H and O–H groups in total. The highest BCUT2D eigenvalue weighted by atomic mass is 19.1. The van der Waals surface area contributed by atoms with Crippen LogP contribution in [0.2, 0.25) is 0 Å². The molecule has 0 aliphatic rings. The molecule has 0 fully saturated rings. The molecule has 12 heavy (non-hydrogen) atoms. The first-order valence-corrected chi connectivity index (χ1v) is 3.85. The Morgan fingerprint density at radius 2 is 2.25 bits per heavy atom. The Morgan fingerprint density at radius 3 is 2.83 bits per heavy atom. The van der Waals surface area contributed by atoms with Crippen molar-refractivity contribution in [1.29, 1.82) is 0 Å². The number of halogens is 1. The van der Waals surface area contributed by atoms with E-state index >= 15 is 0 Å². The summed E-state index contributed by atoms with van der Waals surface area (Å²) in [5.41, 5.74) is 1.33. The number of hydrogen-bond donors (Lipinski definition) is 2. The van der Waals surface area contributed by atoms with E-state index in [9.17, 15) is 4.39 Å². The third-order valence-electron chi connectivity index (χ3n) is 1.64. The molecule has 0 radical (unpaired) electrons. The number of aliphatic hydroxyl groups is 1. The molecule has 0 heterocycles. The van der Waals surface area contributed by atoms with Gasteiger partial charge in [-0.15, -0.1) is 0 Å². The normalized spacial score (nSPS) is 9.92. The van der Waals surface area contributed by atoms with Gasteiger partial charge in [0, 0.05) is 6.54 Å². The van der Waals surface area contributed by atoms with Crippen LogP contribution in [0.1, 0.15) is 5.56 Å². The number of rotatable bonds is 3. The van der Waals surface area contributed by atoms with Gasteiger partial charge in [0.15, 0.2) is 0 Å². The predicted octanol–water partition coefficient (Wildman–Crippen LogP) is 1.54. The van der Waals surface area contributed by atoms with Gasteiger partial charge < -0.3 is 10.4 Å². The Morgan fingerprint density at radius 1 is 1.50 bits per heavy atom. The summed E-state index contributed by atoms with van der Waals surface area (Å²) in [6, 6.07) is 4.88. The zero-order valence-electron chi connectivity index (χ0n) is 6.97. The first kappa shape index (κ1) is 9.00. The largest absolute Gasteiger partial charge is 0.395 e. The molecule has 0 aliphatic carbocycles. The van der Waals surface area contributed by atoms with Crippen LogP contribution in [0.3, 0.4) is 0 Å². The minimum absolute atomic E-state index is 0.00771. The van der Waals surface area contributed by atoms with Gasteiger partial charge in [0.05, 0.1) is 12.3 Å².